The van der Waals surface area contributed by atoms with Crippen LogP contribution in [0.15, 0.2) is 57.7 Å². The maximum atomic E-state index is 11.8. The van der Waals surface area contributed by atoms with E-state index in [1.807, 2.05) is 4.98 Å². The number of aromatic nitrogens is 2. The third kappa shape index (κ3) is 3.62. The number of hydrazone groups is 1. The Morgan fingerprint density at radius 2 is 2.04 bits per heavy atom. The molecule has 8 heteroatoms. The molecule has 1 aromatic heterocycles. The number of carbonyl (C=O) groups excluding carboxylic acids is 1. The van der Waals surface area contributed by atoms with Crippen LogP contribution in [0.1, 0.15) is 15.9 Å². The highest BCUT2D eigenvalue weighted by atomic mass is 16.3. The summed E-state index contributed by atoms with van der Waals surface area (Å²) in [5.41, 5.74) is 0.785. The van der Waals surface area contributed by atoms with Crippen LogP contribution < -0.4 is 16.7 Å². The van der Waals surface area contributed by atoms with E-state index >= 15 is 0 Å². The van der Waals surface area contributed by atoms with Gasteiger partial charge in [-0.25, -0.2) is 10.2 Å². The number of nitrogens with one attached hydrogen (secondary N) is 2. The minimum atomic E-state index is -0.814. The fraction of sp³-hybridized carbons (Fsp3) is 0.0667. The van der Waals surface area contributed by atoms with Gasteiger partial charge in [0, 0.05) is 12.1 Å². The van der Waals surface area contributed by atoms with Gasteiger partial charge in [-0.3, -0.25) is 19.1 Å². The molecule has 2 aromatic rings. The first-order valence-corrected chi connectivity index (χ1v) is 6.60. The molecule has 3 N–H and O–H groups in total. The second-order valence-corrected chi connectivity index (χ2v) is 4.46. The highest BCUT2D eigenvalue weighted by molar-refractivity contribution is 5.94. The summed E-state index contributed by atoms with van der Waals surface area (Å²) in [4.78, 5) is 37.1. The van der Waals surface area contributed by atoms with Crippen molar-refractivity contribution >= 4 is 12.1 Å². The van der Waals surface area contributed by atoms with E-state index < -0.39 is 23.0 Å². The topological polar surface area (TPSA) is 117 Å². The average Bonchev–Trinajstić information content (AvgIpc) is 2.55. The van der Waals surface area contributed by atoms with Crippen LogP contribution in [0, 0.1) is 0 Å². The molecule has 23 heavy (non-hydrogen) atoms. The Kier molecular flexibility index (Phi) is 4.88. The molecular weight excluding hydrogens is 300 g/mol. The third-order valence-corrected chi connectivity index (χ3v) is 2.91. The van der Waals surface area contributed by atoms with Gasteiger partial charge in [0.25, 0.3) is 11.5 Å². The number of benzene rings is 1. The molecule has 0 aliphatic rings. The Balaban J connectivity index is 2.25. The summed E-state index contributed by atoms with van der Waals surface area (Å²) in [6.07, 6.45) is 2.35. The Bertz CT molecular complexity index is 865. The van der Waals surface area contributed by atoms with Crippen molar-refractivity contribution in [3.8, 4) is 5.88 Å². The van der Waals surface area contributed by atoms with Crippen LogP contribution in [-0.2, 0) is 6.54 Å². The highest BCUT2D eigenvalue weighted by Gasteiger charge is 2.11. The van der Waals surface area contributed by atoms with Crippen molar-refractivity contribution in [1.82, 2.24) is 15.0 Å². The van der Waals surface area contributed by atoms with Gasteiger partial charge in [0.05, 0.1) is 6.21 Å². The minimum Gasteiger partial charge on any atom is -0.494 e. The van der Waals surface area contributed by atoms with Crippen molar-refractivity contribution in [2.75, 3.05) is 0 Å². The molecule has 1 aromatic carbocycles. The van der Waals surface area contributed by atoms with E-state index in [0.29, 0.717) is 5.56 Å². The lowest BCUT2D eigenvalue weighted by atomic mass is 10.2. The molecular formula is C15H14N4O4. The molecule has 0 fully saturated rings. The van der Waals surface area contributed by atoms with Crippen molar-refractivity contribution in [2.24, 2.45) is 5.10 Å². The lowest BCUT2D eigenvalue weighted by Crippen LogP contribution is -2.32. The molecule has 0 atom stereocenters. The van der Waals surface area contributed by atoms with Gasteiger partial charge in [-0.1, -0.05) is 24.3 Å². The molecule has 1 amide bonds. The Labute approximate surface area is 130 Å². The first-order valence-electron chi connectivity index (χ1n) is 6.60. The van der Waals surface area contributed by atoms with Gasteiger partial charge >= 0.3 is 5.69 Å². The van der Waals surface area contributed by atoms with Crippen molar-refractivity contribution in [3.63, 3.8) is 0 Å². The zero-order chi connectivity index (χ0) is 16.8. The second-order valence-electron chi connectivity index (χ2n) is 4.46. The molecule has 8 nitrogen and oxygen atoms in total. The molecule has 118 valence electrons. The van der Waals surface area contributed by atoms with Gasteiger partial charge in [0.2, 0.25) is 5.88 Å². The lowest BCUT2D eigenvalue weighted by molar-refractivity contribution is 0.0955. The highest BCUT2D eigenvalue weighted by Crippen LogP contribution is 2.07. The van der Waals surface area contributed by atoms with E-state index in [4.69, 9.17) is 0 Å². The van der Waals surface area contributed by atoms with E-state index in [9.17, 15) is 19.5 Å². The monoisotopic (exact) mass is 314 g/mol. The lowest BCUT2D eigenvalue weighted by Gasteiger charge is -2.06. The fourth-order valence-electron chi connectivity index (χ4n) is 1.80. The standard InChI is InChI=1S/C15H14N4O4/c1-2-8-19-14(22)11(13(21)17-15(19)23)9-16-18-12(20)10-6-4-3-5-7-10/h2-7,9,22H,1,8H2,(H,18,20)(H,17,21,23)/b16-9+. The van der Waals surface area contributed by atoms with Gasteiger partial charge in [-0.05, 0) is 12.1 Å². The van der Waals surface area contributed by atoms with Crippen LogP contribution in [0.4, 0.5) is 0 Å². The zero-order valence-corrected chi connectivity index (χ0v) is 12.0. The Morgan fingerprint density at radius 3 is 2.70 bits per heavy atom. The quantitative estimate of drug-likeness (QED) is 0.415. The number of allylic oxidation sites excluding steroid dienone is 1. The van der Waals surface area contributed by atoms with Gasteiger partial charge in [-0.2, -0.15) is 5.10 Å². The molecule has 0 spiro atoms. The molecule has 0 aliphatic carbocycles. The van der Waals surface area contributed by atoms with Gasteiger partial charge in [-0.15, -0.1) is 6.58 Å². The number of hydrogen-bond acceptors (Lipinski definition) is 5. The van der Waals surface area contributed by atoms with Gasteiger partial charge < -0.3 is 5.11 Å². The van der Waals surface area contributed by atoms with E-state index in [0.717, 1.165) is 10.8 Å². The first-order chi connectivity index (χ1) is 11.0. The maximum absolute atomic E-state index is 11.8. The molecule has 2 rings (SSSR count). The molecule has 0 aliphatic heterocycles. The van der Waals surface area contributed by atoms with Crippen LogP contribution in [0.25, 0.3) is 0 Å². The van der Waals surface area contributed by atoms with Gasteiger partial charge in [0.15, 0.2) is 0 Å². The van der Waals surface area contributed by atoms with Crippen LogP contribution in [-0.4, -0.2) is 26.8 Å². The molecule has 0 unspecified atom stereocenters. The second kappa shape index (κ2) is 7.03. The first kappa shape index (κ1) is 16.0. The number of amides is 1. The number of hydrogen-bond donors (Lipinski definition) is 3. The van der Waals surface area contributed by atoms with Crippen LogP contribution in [0.2, 0.25) is 0 Å². The summed E-state index contributed by atoms with van der Waals surface area (Å²) in [5.74, 6) is -1.03. The van der Waals surface area contributed by atoms with Crippen molar-refractivity contribution in [3.05, 3.63) is 75.0 Å². The normalized spacial score (nSPS) is 10.6. The minimum absolute atomic E-state index is 0.0126. The number of nitrogens with zero attached hydrogens (tertiary/aromatic N) is 2. The van der Waals surface area contributed by atoms with Crippen LogP contribution in [0.5, 0.6) is 5.88 Å². The summed E-state index contributed by atoms with van der Waals surface area (Å²) in [6, 6.07) is 8.35. The van der Waals surface area contributed by atoms with Crippen molar-refractivity contribution in [1.29, 1.82) is 0 Å². The summed E-state index contributed by atoms with van der Waals surface area (Å²) in [6.45, 7) is 3.47. The largest absolute Gasteiger partial charge is 0.494 e. The number of rotatable bonds is 5. The van der Waals surface area contributed by atoms with Gasteiger partial charge in [0.1, 0.15) is 5.56 Å². The molecule has 0 bridgehead atoms. The van der Waals surface area contributed by atoms with E-state index in [-0.39, 0.29) is 12.1 Å². The zero-order valence-electron chi connectivity index (χ0n) is 12.0. The SMILES string of the molecule is C=CCn1c(O)c(/C=N/NC(=O)c2ccccc2)c(=O)[nH]c1=O. The maximum Gasteiger partial charge on any atom is 0.331 e. The van der Waals surface area contributed by atoms with E-state index in [1.165, 1.54) is 6.08 Å². The van der Waals surface area contributed by atoms with Crippen molar-refractivity contribution in [2.45, 2.75) is 6.54 Å². The molecule has 0 saturated heterocycles. The summed E-state index contributed by atoms with van der Waals surface area (Å²) < 4.78 is 0.911. The number of H-pyrrole nitrogens is 1. The Hall–Kier alpha value is -3.42. The van der Waals surface area contributed by atoms with Crippen LogP contribution in [0.3, 0.4) is 0 Å². The smallest absolute Gasteiger partial charge is 0.331 e. The number of aromatic amines is 1. The van der Waals surface area contributed by atoms with E-state index in [1.54, 1.807) is 30.3 Å². The predicted molar refractivity (Wildman–Crippen MR) is 84.7 cm³/mol. The Morgan fingerprint density at radius 1 is 1.35 bits per heavy atom. The predicted octanol–water partition coefficient (Wildman–Crippen LogP) is 0.192. The summed E-state index contributed by atoms with van der Waals surface area (Å²) in [5, 5.41) is 13.6. The average molecular weight is 314 g/mol. The third-order valence-electron chi connectivity index (χ3n) is 2.91. The molecule has 0 saturated carbocycles. The number of aromatic hydroxyl groups is 1. The fourth-order valence-corrected chi connectivity index (χ4v) is 1.80. The summed E-state index contributed by atoms with van der Waals surface area (Å²) >= 11 is 0. The van der Waals surface area contributed by atoms with Crippen molar-refractivity contribution < 1.29 is 9.90 Å². The molecule has 0 radical (unpaired) electrons. The molecule has 1 heterocycles. The summed E-state index contributed by atoms with van der Waals surface area (Å²) in [7, 11) is 0. The van der Waals surface area contributed by atoms with Crippen LogP contribution >= 0.6 is 0 Å². The van der Waals surface area contributed by atoms with E-state index in [2.05, 4.69) is 17.1 Å². The number of carbonyl (C=O) groups is 1.